The van der Waals surface area contributed by atoms with Crippen molar-refractivity contribution in [1.82, 2.24) is 0 Å². The van der Waals surface area contributed by atoms with Crippen LogP contribution >= 0.6 is 0 Å². The van der Waals surface area contributed by atoms with E-state index in [1.165, 1.54) is 0 Å². The van der Waals surface area contributed by atoms with Crippen LogP contribution in [-0.4, -0.2) is 28.4 Å². The summed E-state index contributed by atoms with van der Waals surface area (Å²) in [5, 5.41) is 8.78. The van der Waals surface area contributed by atoms with E-state index in [0.29, 0.717) is 6.42 Å². The third-order valence-corrected chi connectivity index (χ3v) is 1.77. The van der Waals surface area contributed by atoms with E-state index in [1.54, 1.807) is 6.92 Å². The van der Waals surface area contributed by atoms with Crippen LogP contribution in [0.15, 0.2) is 0 Å². The summed E-state index contributed by atoms with van der Waals surface area (Å²) in [6, 6.07) is 0. The van der Waals surface area contributed by atoms with Gasteiger partial charge in [0.2, 0.25) is 0 Å². The number of Topliss-reactive ketones (excluding diaryl/α,β-unsaturated/α-hetero) is 1. The van der Waals surface area contributed by atoms with Crippen LogP contribution in [0.25, 0.3) is 0 Å². The molecule has 0 saturated carbocycles. The van der Waals surface area contributed by atoms with Crippen molar-refractivity contribution in [2.75, 3.05) is 0 Å². The first-order valence-electron chi connectivity index (χ1n) is 4.30. The van der Waals surface area contributed by atoms with Crippen molar-refractivity contribution in [3.63, 3.8) is 0 Å². The van der Waals surface area contributed by atoms with Crippen LogP contribution in [0.4, 0.5) is 0 Å². The molecule has 14 heavy (non-hydrogen) atoms. The van der Waals surface area contributed by atoms with E-state index in [-0.39, 0.29) is 6.42 Å². The Morgan fingerprint density at radius 3 is 2.14 bits per heavy atom. The summed E-state index contributed by atoms with van der Waals surface area (Å²) in [6.45, 7) is 3.91. The van der Waals surface area contributed by atoms with Gasteiger partial charge in [-0.3, -0.25) is 9.59 Å². The Morgan fingerprint density at radius 2 is 1.86 bits per heavy atom. The number of ether oxygens (including phenoxy) is 1. The molecule has 0 radical (unpaired) electrons. The first-order chi connectivity index (χ1) is 6.34. The van der Waals surface area contributed by atoms with Gasteiger partial charge in [0.15, 0.2) is 5.78 Å². The lowest BCUT2D eigenvalue weighted by molar-refractivity contribution is -0.179. The van der Waals surface area contributed by atoms with E-state index in [1.807, 2.05) is 0 Å². The number of carboxylic acid groups (broad SMARTS) is 1. The Bertz CT molecular complexity index is 258. The van der Waals surface area contributed by atoms with Crippen molar-refractivity contribution < 1.29 is 24.2 Å². The molecule has 1 atom stereocenters. The zero-order valence-corrected chi connectivity index (χ0v) is 8.49. The molecule has 80 valence electrons. The lowest BCUT2D eigenvalue weighted by Gasteiger charge is -2.22. The summed E-state index contributed by atoms with van der Waals surface area (Å²) in [7, 11) is 0. The van der Waals surface area contributed by atoms with E-state index in [9.17, 15) is 14.4 Å². The molecule has 0 aromatic carbocycles. The smallest absolute Gasteiger partial charge is 0.355 e. The summed E-state index contributed by atoms with van der Waals surface area (Å²) in [4.78, 5) is 32.8. The van der Waals surface area contributed by atoms with Crippen LogP contribution in [0.2, 0.25) is 0 Å². The van der Waals surface area contributed by atoms with E-state index in [0.717, 1.165) is 13.8 Å². The molecule has 5 nitrogen and oxygen atoms in total. The van der Waals surface area contributed by atoms with E-state index < -0.39 is 23.3 Å². The molecule has 0 aliphatic heterocycles. The maximum absolute atomic E-state index is 11.4. The highest BCUT2D eigenvalue weighted by molar-refractivity contribution is 6.07. The molecule has 0 aromatic rings. The minimum atomic E-state index is -2.04. The average Bonchev–Trinajstić information content (AvgIpc) is 2.02. The first kappa shape index (κ1) is 12.6. The molecule has 0 aliphatic carbocycles. The van der Waals surface area contributed by atoms with Gasteiger partial charge in [-0.2, -0.15) is 0 Å². The summed E-state index contributed by atoms with van der Waals surface area (Å²) in [6.07, 6.45) is 0.596. The number of rotatable bonds is 5. The largest absolute Gasteiger partial charge is 0.478 e. The second-order valence-corrected chi connectivity index (χ2v) is 3.11. The lowest BCUT2D eigenvalue weighted by Crippen LogP contribution is -2.47. The average molecular weight is 202 g/mol. The third kappa shape index (κ3) is 2.83. The third-order valence-electron chi connectivity index (χ3n) is 1.77. The molecular formula is C9H14O5. The minimum absolute atomic E-state index is 0.0794. The molecule has 0 aliphatic rings. The maximum Gasteiger partial charge on any atom is 0.355 e. The zero-order valence-electron chi connectivity index (χ0n) is 8.49. The number of ketones is 1. The fourth-order valence-corrected chi connectivity index (χ4v) is 0.973. The zero-order chi connectivity index (χ0) is 11.4. The summed E-state index contributed by atoms with van der Waals surface area (Å²) >= 11 is 0. The summed E-state index contributed by atoms with van der Waals surface area (Å²) < 4.78 is 4.53. The fourth-order valence-electron chi connectivity index (χ4n) is 0.973. The number of esters is 1. The number of hydrogen-bond donors (Lipinski definition) is 1. The second kappa shape index (κ2) is 4.74. The van der Waals surface area contributed by atoms with E-state index in [4.69, 9.17) is 5.11 Å². The topological polar surface area (TPSA) is 80.7 Å². The predicted molar refractivity (Wildman–Crippen MR) is 47.7 cm³/mol. The number of carbonyl (C=O) groups excluding carboxylic acids is 2. The molecule has 1 N–H and O–H groups in total. The molecule has 0 saturated heterocycles. The van der Waals surface area contributed by atoms with Crippen molar-refractivity contribution in [2.45, 2.75) is 39.2 Å². The molecular weight excluding hydrogens is 188 g/mol. The quantitative estimate of drug-likeness (QED) is 0.526. The van der Waals surface area contributed by atoms with Gasteiger partial charge in [0, 0.05) is 13.3 Å². The van der Waals surface area contributed by atoms with Gasteiger partial charge in [0.25, 0.3) is 5.60 Å². The van der Waals surface area contributed by atoms with Crippen molar-refractivity contribution in [2.24, 2.45) is 0 Å². The Labute approximate surface area is 82.1 Å². The Hall–Kier alpha value is -1.39. The maximum atomic E-state index is 11.4. The number of aliphatic carboxylic acids is 1. The van der Waals surface area contributed by atoms with Gasteiger partial charge in [0.05, 0.1) is 0 Å². The minimum Gasteiger partial charge on any atom is -0.478 e. The summed E-state index contributed by atoms with van der Waals surface area (Å²) in [5.74, 6) is -2.81. The van der Waals surface area contributed by atoms with Crippen LogP contribution in [-0.2, 0) is 19.1 Å². The molecule has 1 unspecified atom stereocenters. The fraction of sp³-hybridized carbons (Fsp3) is 0.667. The van der Waals surface area contributed by atoms with Crippen LogP contribution < -0.4 is 0 Å². The van der Waals surface area contributed by atoms with Gasteiger partial charge in [-0.15, -0.1) is 0 Å². The Balaban J connectivity index is 4.80. The van der Waals surface area contributed by atoms with Crippen molar-refractivity contribution in [3.8, 4) is 0 Å². The number of hydrogen-bond acceptors (Lipinski definition) is 4. The Morgan fingerprint density at radius 1 is 1.36 bits per heavy atom. The monoisotopic (exact) mass is 202 g/mol. The molecule has 5 heteroatoms. The van der Waals surface area contributed by atoms with Gasteiger partial charge >= 0.3 is 11.9 Å². The SMILES string of the molecule is CCCC(=O)C(C)(OC(C)=O)C(=O)O. The second-order valence-electron chi connectivity index (χ2n) is 3.11. The van der Waals surface area contributed by atoms with Gasteiger partial charge < -0.3 is 9.84 Å². The van der Waals surface area contributed by atoms with Gasteiger partial charge in [0.1, 0.15) is 0 Å². The van der Waals surface area contributed by atoms with Crippen LogP contribution in [0, 0.1) is 0 Å². The lowest BCUT2D eigenvalue weighted by atomic mass is 9.97. The highest BCUT2D eigenvalue weighted by Gasteiger charge is 2.43. The van der Waals surface area contributed by atoms with Crippen LogP contribution in [0.5, 0.6) is 0 Å². The molecule has 0 fully saturated rings. The van der Waals surface area contributed by atoms with Gasteiger partial charge in [-0.1, -0.05) is 6.92 Å². The van der Waals surface area contributed by atoms with Crippen molar-refractivity contribution >= 4 is 17.7 Å². The van der Waals surface area contributed by atoms with Crippen molar-refractivity contribution in [3.05, 3.63) is 0 Å². The standard InChI is InChI=1S/C9H14O5/c1-4-5-7(11)9(3,8(12)13)14-6(2)10/h4-5H2,1-3H3,(H,12,13). The molecule has 0 amide bonds. The molecule has 0 aromatic heterocycles. The first-order valence-corrected chi connectivity index (χ1v) is 4.30. The van der Waals surface area contributed by atoms with E-state index in [2.05, 4.69) is 4.74 Å². The summed E-state index contributed by atoms with van der Waals surface area (Å²) in [5.41, 5.74) is -2.04. The molecule has 0 rings (SSSR count). The Kier molecular flexibility index (Phi) is 4.27. The number of carbonyl (C=O) groups is 3. The van der Waals surface area contributed by atoms with Crippen LogP contribution in [0.3, 0.4) is 0 Å². The van der Waals surface area contributed by atoms with Crippen LogP contribution in [0.1, 0.15) is 33.6 Å². The number of carboxylic acids is 1. The molecule has 0 heterocycles. The normalized spacial score (nSPS) is 14.2. The highest BCUT2D eigenvalue weighted by atomic mass is 16.6. The van der Waals surface area contributed by atoms with E-state index >= 15 is 0 Å². The predicted octanol–water partition coefficient (Wildman–Crippen LogP) is 0.762. The molecule has 0 spiro atoms. The molecule has 0 bridgehead atoms. The highest BCUT2D eigenvalue weighted by Crippen LogP contribution is 2.15. The van der Waals surface area contributed by atoms with Gasteiger partial charge in [-0.05, 0) is 13.3 Å². The van der Waals surface area contributed by atoms with Gasteiger partial charge in [-0.25, -0.2) is 4.79 Å². The van der Waals surface area contributed by atoms with Crippen molar-refractivity contribution in [1.29, 1.82) is 0 Å².